The highest BCUT2D eigenvalue weighted by Crippen LogP contribution is 2.25. The first-order valence-corrected chi connectivity index (χ1v) is 7.25. The Morgan fingerprint density at radius 2 is 1.76 bits per heavy atom. The van der Waals surface area contributed by atoms with Crippen LogP contribution in [0.3, 0.4) is 0 Å². The summed E-state index contributed by atoms with van der Waals surface area (Å²) in [6, 6.07) is 11.7. The van der Waals surface area contributed by atoms with Crippen LogP contribution in [0.4, 0.5) is 0 Å². The Morgan fingerprint density at radius 3 is 2.43 bits per heavy atom. The molecule has 0 spiro atoms. The fraction of sp³-hybridized carbons (Fsp3) is 0.333. The Kier molecular flexibility index (Phi) is 4.73. The van der Waals surface area contributed by atoms with Gasteiger partial charge < -0.3 is 5.32 Å². The molecule has 0 saturated heterocycles. The Bertz CT molecular complexity index is 600. The van der Waals surface area contributed by atoms with E-state index in [9.17, 15) is 4.79 Å². The van der Waals surface area contributed by atoms with Crippen molar-refractivity contribution in [1.82, 2.24) is 10.3 Å². The zero-order valence-corrected chi connectivity index (χ0v) is 12.9. The standard InChI is InChI=1S/C18H22N2O/c1-18(2,3)16-7-5-4-6-15(16)17(21)20-13-10-14-8-11-19-12-9-14/h4-9,11-12H,10,13H2,1-3H3,(H,20,21). The predicted octanol–water partition coefficient (Wildman–Crippen LogP) is 3.35. The number of pyridine rings is 1. The van der Waals surface area contributed by atoms with Gasteiger partial charge in [0.2, 0.25) is 0 Å². The van der Waals surface area contributed by atoms with Crippen LogP contribution in [-0.2, 0) is 11.8 Å². The Hall–Kier alpha value is -2.16. The van der Waals surface area contributed by atoms with E-state index < -0.39 is 0 Å². The number of carbonyl (C=O) groups is 1. The molecule has 0 radical (unpaired) electrons. The Labute approximate surface area is 126 Å². The third kappa shape index (κ3) is 4.15. The quantitative estimate of drug-likeness (QED) is 0.934. The maximum atomic E-state index is 12.4. The van der Waals surface area contributed by atoms with Crippen LogP contribution in [-0.4, -0.2) is 17.4 Å². The highest BCUT2D eigenvalue weighted by Gasteiger charge is 2.20. The Morgan fingerprint density at radius 1 is 1.10 bits per heavy atom. The van der Waals surface area contributed by atoms with E-state index in [1.54, 1.807) is 12.4 Å². The SMILES string of the molecule is CC(C)(C)c1ccccc1C(=O)NCCc1ccncc1. The van der Waals surface area contributed by atoms with E-state index in [4.69, 9.17) is 0 Å². The van der Waals surface area contributed by atoms with Gasteiger partial charge in [-0.1, -0.05) is 39.0 Å². The van der Waals surface area contributed by atoms with Gasteiger partial charge in [0.05, 0.1) is 0 Å². The van der Waals surface area contributed by atoms with Crippen molar-refractivity contribution in [2.24, 2.45) is 0 Å². The molecule has 0 aliphatic rings. The number of nitrogens with zero attached hydrogens (tertiary/aromatic N) is 1. The summed E-state index contributed by atoms with van der Waals surface area (Å²) in [5.74, 6) is -0.00502. The van der Waals surface area contributed by atoms with Crippen LogP contribution in [0.15, 0.2) is 48.8 Å². The van der Waals surface area contributed by atoms with Crippen LogP contribution in [0, 0.1) is 0 Å². The monoisotopic (exact) mass is 282 g/mol. The molecule has 0 saturated carbocycles. The van der Waals surface area contributed by atoms with Crippen molar-refractivity contribution >= 4 is 5.91 Å². The highest BCUT2D eigenvalue weighted by atomic mass is 16.1. The number of nitrogens with one attached hydrogen (secondary N) is 1. The molecule has 3 nitrogen and oxygen atoms in total. The number of carbonyl (C=O) groups excluding carboxylic acids is 1. The van der Waals surface area contributed by atoms with Crippen LogP contribution in [0.2, 0.25) is 0 Å². The number of hydrogen-bond donors (Lipinski definition) is 1. The van der Waals surface area contributed by atoms with Crippen LogP contribution >= 0.6 is 0 Å². The van der Waals surface area contributed by atoms with Gasteiger partial charge in [0.1, 0.15) is 0 Å². The number of aromatic nitrogens is 1. The molecule has 2 rings (SSSR count). The van der Waals surface area contributed by atoms with Crippen molar-refractivity contribution < 1.29 is 4.79 Å². The molecule has 1 N–H and O–H groups in total. The minimum atomic E-state index is -0.0426. The molecular formula is C18H22N2O. The van der Waals surface area contributed by atoms with E-state index in [0.29, 0.717) is 6.54 Å². The lowest BCUT2D eigenvalue weighted by atomic mass is 9.83. The van der Waals surface area contributed by atoms with Gasteiger partial charge >= 0.3 is 0 Å². The average Bonchev–Trinajstić information content (AvgIpc) is 2.47. The van der Waals surface area contributed by atoms with Gasteiger partial charge in [-0.15, -0.1) is 0 Å². The molecule has 2 aromatic rings. The largest absolute Gasteiger partial charge is 0.352 e. The molecule has 0 bridgehead atoms. The van der Waals surface area contributed by atoms with Gasteiger partial charge in [0.15, 0.2) is 0 Å². The van der Waals surface area contributed by atoms with Crippen molar-refractivity contribution in [3.63, 3.8) is 0 Å². The summed E-state index contributed by atoms with van der Waals surface area (Å²) in [4.78, 5) is 16.4. The van der Waals surface area contributed by atoms with Gasteiger partial charge in [0.25, 0.3) is 5.91 Å². The molecule has 1 aromatic carbocycles. The predicted molar refractivity (Wildman–Crippen MR) is 85.4 cm³/mol. The van der Waals surface area contributed by atoms with Gasteiger partial charge in [0, 0.05) is 24.5 Å². The molecule has 1 heterocycles. The lowest BCUT2D eigenvalue weighted by Gasteiger charge is -2.22. The summed E-state index contributed by atoms with van der Waals surface area (Å²) < 4.78 is 0. The number of rotatable bonds is 4. The number of amides is 1. The zero-order valence-electron chi connectivity index (χ0n) is 12.9. The van der Waals surface area contributed by atoms with E-state index in [-0.39, 0.29) is 11.3 Å². The molecule has 21 heavy (non-hydrogen) atoms. The van der Waals surface area contributed by atoms with Crippen molar-refractivity contribution in [1.29, 1.82) is 0 Å². The number of hydrogen-bond acceptors (Lipinski definition) is 2. The third-order valence-corrected chi connectivity index (χ3v) is 3.43. The van der Waals surface area contributed by atoms with Crippen molar-refractivity contribution in [3.8, 4) is 0 Å². The normalized spacial score (nSPS) is 11.2. The van der Waals surface area contributed by atoms with Crippen molar-refractivity contribution in [2.75, 3.05) is 6.54 Å². The highest BCUT2D eigenvalue weighted by molar-refractivity contribution is 5.96. The van der Waals surface area contributed by atoms with Gasteiger partial charge in [-0.05, 0) is 41.2 Å². The first-order valence-electron chi connectivity index (χ1n) is 7.25. The molecule has 0 atom stereocenters. The molecule has 0 fully saturated rings. The second-order valence-corrected chi connectivity index (χ2v) is 6.16. The fourth-order valence-electron chi connectivity index (χ4n) is 2.30. The van der Waals surface area contributed by atoms with E-state index in [1.807, 2.05) is 36.4 Å². The lowest BCUT2D eigenvalue weighted by Crippen LogP contribution is -2.28. The summed E-state index contributed by atoms with van der Waals surface area (Å²) in [6.45, 7) is 6.99. The second kappa shape index (κ2) is 6.53. The summed E-state index contributed by atoms with van der Waals surface area (Å²) in [5, 5.41) is 3.00. The summed E-state index contributed by atoms with van der Waals surface area (Å²) in [6.07, 6.45) is 4.35. The summed E-state index contributed by atoms with van der Waals surface area (Å²) in [5.41, 5.74) is 2.97. The molecule has 0 aliphatic heterocycles. The first kappa shape index (κ1) is 15.2. The molecule has 3 heteroatoms. The maximum absolute atomic E-state index is 12.4. The fourth-order valence-corrected chi connectivity index (χ4v) is 2.30. The number of benzene rings is 1. The smallest absolute Gasteiger partial charge is 0.251 e. The van der Waals surface area contributed by atoms with Crippen LogP contribution in [0.25, 0.3) is 0 Å². The van der Waals surface area contributed by atoms with E-state index >= 15 is 0 Å². The summed E-state index contributed by atoms with van der Waals surface area (Å²) in [7, 11) is 0. The zero-order chi connectivity index (χ0) is 15.3. The molecule has 1 amide bonds. The van der Waals surface area contributed by atoms with Crippen LogP contribution in [0.1, 0.15) is 42.3 Å². The van der Waals surface area contributed by atoms with Crippen LogP contribution < -0.4 is 5.32 Å². The molecule has 0 unspecified atom stereocenters. The summed E-state index contributed by atoms with van der Waals surface area (Å²) >= 11 is 0. The molecule has 0 aliphatic carbocycles. The van der Waals surface area contributed by atoms with E-state index in [0.717, 1.165) is 17.5 Å². The van der Waals surface area contributed by atoms with Crippen LogP contribution in [0.5, 0.6) is 0 Å². The van der Waals surface area contributed by atoms with Crippen molar-refractivity contribution in [2.45, 2.75) is 32.6 Å². The maximum Gasteiger partial charge on any atom is 0.251 e. The minimum absolute atomic E-state index is 0.00502. The van der Waals surface area contributed by atoms with Gasteiger partial charge in [-0.2, -0.15) is 0 Å². The van der Waals surface area contributed by atoms with E-state index in [2.05, 4.69) is 31.1 Å². The average molecular weight is 282 g/mol. The molecule has 110 valence electrons. The van der Waals surface area contributed by atoms with Crippen molar-refractivity contribution in [3.05, 3.63) is 65.5 Å². The third-order valence-electron chi connectivity index (χ3n) is 3.43. The van der Waals surface area contributed by atoms with Gasteiger partial charge in [-0.25, -0.2) is 0 Å². The second-order valence-electron chi connectivity index (χ2n) is 6.16. The lowest BCUT2D eigenvalue weighted by molar-refractivity contribution is 0.0952. The van der Waals surface area contributed by atoms with Gasteiger partial charge in [-0.3, -0.25) is 9.78 Å². The molecule has 1 aromatic heterocycles. The molecular weight excluding hydrogens is 260 g/mol. The topological polar surface area (TPSA) is 42.0 Å². The first-order chi connectivity index (χ1) is 9.98. The Balaban J connectivity index is 2.01. The van der Waals surface area contributed by atoms with E-state index in [1.165, 1.54) is 5.56 Å². The minimum Gasteiger partial charge on any atom is -0.352 e.